The van der Waals surface area contributed by atoms with Gasteiger partial charge in [0.25, 0.3) is 0 Å². The molecule has 90 valence electrons. The number of benzene rings is 1. The first-order chi connectivity index (χ1) is 8.27. The Morgan fingerprint density at radius 2 is 1.71 bits per heavy atom. The zero-order valence-electron chi connectivity index (χ0n) is 9.81. The number of rotatable bonds is 4. The first kappa shape index (κ1) is 11.5. The number of aromatic nitrogens is 1. The van der Waals surface area contributed by atoms with Gasteiger partial charge < -0.3 is 19.6 Å². The molecule has 1 atom stereocenters. The summed E-state index contributed by atoms with van der Waals surface area (Å²) in [6, 6.07) is 9.06. The van der Waals surface area contributed by atoms with Crippen LogP contribution in [0.3, 0.4) is 0 Å². The van der Waals surface area contributed by atoms with Crippen LogP contribution in [0.1, 0.15) is 17.4 Å². The number of aliphatic hydroxyl groups excluding tert-OH is 1. The number of aliphatic hydroxyl groups is 1. The Kier molecular flexibility index (Phi) is 3.35. The number of nitrogens with one attached hydrogen (secondary N) is 1. The highest BCUT2D eigenvalue weighted by Crippen LogP contribution is 2.36. The first-order valence-electron chi connectivity index (χ1n) is 5.30. The molecular weight excluding hydrogens is 218 g/mol. The standard InChI is InChI=1S/C13H15NO3/c1-16-10-6-3-7-11(17-2)12(10)13(15)9-5-4-8-14-9/h3-8,13-15H,1-2H3. The molecule has 4 heteroatoms. The Bertz CT molecular complexity index is 457. The third-order valence-electron chi connectivity index (χ3n) is 2.66. The third kappa shape index (κ3) is 2.12. The fourth-order valence-electron chi connectivity index (χ4n) is 1.82. The van der Waals surface area contributed by atoms with Gasteiger partial charge in [-0.2, -0.15) is 0 Å². The zero-order chi connectivity index (χ0) is 12.3. The monoisotopic (exact) mass is 233 g/mol. The van der Waals surface area contributed by atoms with Gasteiger partial charge in [0.15, 0.2) is 0 Å². The van der Waals surface area contributed by atoms with E-state index in [1.54, 1.807) is 32.5 Å². The lowest BCUT2D eigenvalue weighted by atomic mass is 10.0. The van der Waals surface area contributed by atoms with Crippen LogP contribution in [-0.4, -0.2) is 24.3 Å². The molecule has 0 amide bonds. The molecule has 1 unspecified atom stereocenters. The highest BCUT2D eigenvalue weighted by Gasteiger charge is 2.20. The van der Waals surface area contributed by atoms with Gasteiger partial charge in [-0.3, -0.25) is 0 Å². The van der Waals surface area contributed by atoms with Gasteiger partial charge in [-0.15, -0.1) is 0 Å². The van der Waals surface area contributed by atoms with Crippen LogP contribution in [0.25, 0.3) is 0 Å². The van der Waals surface area contributed by atoms with Crippen molar-refractivity contribution in [3.8, 4) is 11.5 Å². The maximum Gasteiger partial charge on any atom is 0.128 e. The molecule has 0 aliphatic heterocycles. The van der Waals surface area contributed by atoms with Gasteiger partial charge in [0.05, 0.1) is 19.8 Å². The SMILES string of the molecule is COc1cccc(OC)c1C(O)c1ccc[nH]1. The summed E-state index contributed by atoms with van der Waals surface area (Å²) in [5.41, 5.74) is 1.33. The van der Waals surface area contributed by atoms with Crippen molar-refractivity contribution in [1.82, 2.24) is 4.98 Å². The van der Waals surface area contributed by atoms with Crippen molar-refractivity contribution in [3.63, 3.8) is 0 Å². The molecule has 4 nitrogen and oxygen atoms in total. The summed E-state index contributed by atoms with van der Waals surface area (Å²) in [5, 5.41) is 10.3. The molecule has 2 rings (SSSR count). The number of ether oxygens (including phenoxy) is 2. The van der Waals surface area contributed by atoms with Crippen LogP contribution in [0.15, 0.2) is 36.5 Å². The summed E-state index contributed by atoms with van der Waals surface area (Å²) in [6.07, 6.45) is 0.969. The highest BCUT2D eigenvalue weighted by atomic mass is 16.5. The number of hydrogen-bond donors (Lipinski definition) is 2. The quantitative estimate of drug-likeness (QED) is 0.850. The first-order valence-corrected chi connectivity index (χ1v) is 5.30. The van der Waals surface area contributed by atoms with Crippen molar-refractivity contribution in [2.75, 3.05) is 14.2 Å². The summed E-state index contributed by atoms with van der Waals surface area (Å²) in [7, 11) is 3.14. The summed E-state index contributed by atoms with van der Waals surface area (Å²) in [4.78, 5) is 2.98. The predicted molar refractivity (Wildman–Crippen MR) is 64.4 cm³/mol. The number of methoxy groups -OCH3 is 2. The largest absolute Gasteiger partial charge is 0.496 e. The number of hydrogen-bond acceptors (Lipinski definition) is 3. The van der Waals surface area contributed by atoms with Crippen LogP contribution in [-0.2, 0) is 0 Å². The van der Waals surface area contributed by atoms with Crippen molar-refractivity contribution in [3.05, 3.63) is 47.8 Å². The van der Waals surface area contributed by atoms with E-state index in [1.165, 1.54) is 0 Å². The van der Waals surface area contributed by atoms with Crippen LogP contribution < -0.4 is 9.47 Å². The summed E-state index contributed by atoms with van der Waals surface area (Å²) >= 11 is 0. The van der Waals surface area contributed by atoms with Crippen molar-refractivity contribution in [1.29, 1.82) is 0 Å². The second-order valence-electron chi connectivity index (χ2n) is 3.60. The average Bonchev–Trinajstić information content (AvgIpc) is 2.90. The molecule has 2 aromatic rings. The second kappa shape index (κ2) is 4.93. The fourth-order valence-corrected chi connectivity index (χ4v) is 1.82. The van der Waals surface area contributed by atoms with Crippen LogP contribution in [0.5, 0.6) is 11.5 Å². The zero-order valence-corrected chi connectivity index (χ0v) is 9.81. The maximum absolute atomic E-state index is 10.3. The van der Waals surface area contributed by atoms with Crippen molar-refractivity contribution in [2.45, 2.75) is 6.10 Å². The van der Waals surface area contributed by atoms with E-state index < -0.39 is 6.10 Å². The maximum atomic E-state index is 10.3. The molecule has 1 aromatic heterocycles. The predicted octanol–water partition coefficient (Wildman–Crippen LogP) is 2.11. The van der Waals surface area contributed by atoms with E-state index in [-0.39, 0.29) is 0 Å². The molecule has 1 aromatic carbocycles. The molecule has 0 spiro atoms. The molecule has 17 heavy (non-hydrogen) atoms. The lowest BCUT2D eigenvalue weighted by Gasteiger charge is -2.17. The summed E-state index contributed by atoms with van der Waals surface area (Å²) in [5.74, 6) is 1.21. The highest BCUT2D eigenvalue weighted by molar-refractivity contribution is 5.48. The van der Waals surface area contributed by atoms with Crippen LogP contribution in [0.2, 0.25) is 0 Å². The van der Waals surface area contributed by atoms with E-state index >= 15 is 0 Å². The summed E-state index contributed by atoms with van der Waals surface area (Å²) < 4.78 is 10.5. The van der Waals surface area contributed by atoms with Crippen molar-refractivity contribution < 1.29 is 14.6 Å². The molecule has 0 aliphatic carbocycles. The Hall–Kier alpha value is -1.94. The molecule has 2 N–H and O–H groups in total. The molecule has 1 heterocycles. The van der Waals surface area contributed by atoms with Gasteiger partial charge in [-0.05, 0) is 24.3 Å². The van der Waals surface area contributed by atoms with Gasteiger partial charge >= 0.3 is 0 Å². The lowest BCUT2D eigenvalue weighted by molar-refractivity contribution is 0.205. The van der Waals surface area contributed by atoms with Gasteiger partial charge in [0, 0.05) is 11.9 Å². The molecule has 0 radical (unpaired) electrons. The number of H-pyrrole nitrogens is 1. The van der Waals surface area contributed by atoms with E-state index in [9.17, 15) is 5.11 Å². The number of aromatic amines is 1. The van der Waals surface area contributed by atoms with Gasteiger partial charge in [0.2, 0.25) is 0 Å². The van der Waals surface area contributed by atoms with E-state index in [2.05, 4.69) is 4.98 Å². The normalized spacial score (nSPS) is 12.2. The average molecular weight is 233 g/mol. The fraction of sp³-hybridized carbons (Fsp3) is 0.231. The van der Waals surface area contributed by atoms with Crippen LogP contribution in [0.4, 0.5) is 0 Å². The minimum Gasteiger partial charge on any atom is -0.496 e. The molecule has 0 bridgehead atoms. The van der Waals surface area contributed by atoms with E-state index in [4.69, 9.17) is 9.47 Å². The van der Waals surface area contributed by atoms with Crippen molar-refractivity contribution in [2.24, 2.45) is 0 Å². The van der Waals surface area contributed by atoms with Crippen molar-refractivity contribution >= 4 is 0 Å². The smallest absolute Gasteiger partial charge is 0.128 e. The van der Waals surface area contributed by atoms with Crippen LogP contribution in [0, 0.1) is 0 Å². The third-order valence-corrected chi connectivity index (χ3v) is 2.66. The Balaban J connectivity index is 2.49. The van der Waals surface area contributed by atoms with E-state index in [0.717, 1.165) is 0 Å². The molecule has 0 fully saturated rings. The van der Waals surface area contributed by atoms with Gasteiger partial charge in [-0.25, -0.2) is 0 Å². The van der Waals surface area contributed by atoms with Gasteiger partial charge in [0.1, 0.15) is 17.6 Å². The van der Waals surface area contributed by atoms with Crippen LogP contribution >= 0.6 is 0 Å². The van der Waals surface area contributed by atoms with E-state index in [0.29, 0.717) is 22.8 Å². The Morgan fingerprint density at radius 1 is 1.06 bits per heavy atom. The minimum atomic E-state index is -0.795. The Morgan fingerprint density at radius 3 is 2.18 bits per heavy atom. The topological polar surface area (TPSA) is 54.5 Å². The molecule has 0 saturated carbocycles. The second-order valence-corrected chi connectivity index (χ2v) is 3.60. The van der Waals surface area contributed by atoms with Gasteiger partial charge in [-0.1, -0.05) is 6.07 Å². The summed E-state index contributed by atoms with van der Waals surface area (Å²) in [6.45, 7) is 0. The molecule has 0 saturated heterocycles. The molecule has 0 aliphatic rings. The minimum absolute atomic E-state index is 0.603. The molecular formula is C13H15NO3. The Labute approximate surface area is 99.8 Å². The van der Waals surface area contributed by atoms with E-state index in [1.807, 2.05) is 18.2 Å². The lowest BCUT2D eigenvalue weighted by Crippen LogP contribution is -2.05.